The van der Waals surface area contributed by atoms with E-state index < -0.39 is 4.92 Å². The summed E-state index contributed by atoms with van der Waals surface area (Å²) in [7, 11) is 1.85. The Morgan fingerprint density at radius 3 is 2.43 bits per heavy atom. The zero-order chi connectivity index (χ0) is 16.0. The molecule has 1 aromatic carbocycles. The van der Waals surface area contributed by atoms with Crippen LogP contribution in [0.2, 0.25) is 0 Å². The highest BCUT2D eigenvalue weighted by Crippen LogP contribution is 2.16. The Balaban J connectivity index is 2.51. The Labute approximate surface area is 124 Å². The summed E-state index contributed by atoms with van der Waals surface area (Å²) in [5.74, 6) is -0.167. The van der Waals surface area contributed by atoms with Crippen molar-refractivity contribution in [1.82, 2.24) is 4.90 Å². The molecule has 0 fully saturated rings. The van der Waals surface area contributed by atoms with Crippen LogP contribution in [0.25, 0.3) is 0 Å². The van der Waals surface area contributed by atoms with Crippen molar-refractivity contribution < 1.29 is 9.72 Å². The number of nitrogens with zero attached hydrogens (tertiary/aromatic N) is 2. The largest absolute Gasteiger partial charge is 0.330 e. The molecule has 0 aromatic heterocycles. The van der Waals surface area contributed by atoms with Gasteiger partial charge in [-0.25, -0.2) is 0 Å². The average molecular weight is 294 g/mol. The van der Waals surface area contributed by atoms with Crippen LogP contribution >= 0.6 is 0 Å². The van der Waals surface area contributed by atoms with Gasteiger partial charge >= 0.3 is 0 Å². The maximum absolute atomic E-state index is 11.9. The quantitative estimate of drug-likeness (QED) is 0.585. The Hall–Kier alpha value is -1.99. The van der Waals surface area contributed by atoms with Crippen molar-refractivity contribution in [2.24, 2.45) is 11.1 Å². The first-order valence-electron chi connectivity index (χ1n) is 6.66. The van der Waals surface area contributed by atoms with Crippen LogP contribution in [-0.4, -0.2) is 42.4 Å². The molecule has 0 saturated heterocycles. The number of benzene rings is 1. The third kappa shape index (κ3) is 5.88. The number of non-ortho nitro benzene ring substituents is 1. The molecule has 0 heterocycles. The standard InChI is InChI=1S/C14H22N4O3/c1-14(2,9-15)10-17(3)8-13(19)16-11-4-6-12(7-5-11)18(20)21/h4-7H,8-10,15H2,1-3H3,(H,16,19). The van der Waals surface area contributed by atoms with Crippen LogP contribution < -0.4 is 11.1 Å². The number of amides is 1. The van der Waals surface area contributed by atoms with Crippen molar-refractivity contribution in [3.8, 4) is 0 Å². The fourth-order valence-corrected chi connectivity index (χ4v) is 1.96. The third-order valence-electron chi connectivity index (χ3n) is 3.03. The van der Waals surface area contributed by atoms with Crippen molar-refractivity contribution in [3.63, 3.8) is 0 Å². The van der Waals surface area contributed by atoms with E-state index in [2.05, 4.69) is 5.32 Å². The van der Waals surface area contributed by atoms with Gasteiger partial charge in [-0.05, 0) is 31.1 Å². The highest BCUT2D eigenvalue weighted by atomic mass is 16.6. The third-order valence-corrected chi connectivity index (χ3v) is 3.03. The second-order valence-corrected chi connectivity index (χ2v) is 5.89. The summed E-state index contributed by atoms with van der Waals surface area (Å²) >= 11 is 0. The number of rotatable bonds is 7. The SMILES string of the molecule is CN(CC(=O)Nc1ccc([N+](=O)[O-])cc1)CC(C)(C)CN. The fraction of sp³-hybridized carbons (Fsp3) is 0.500. The second kappa shape index (κ2) is 7.14. The van der Waals surface area contributed by atoms with Crippen LogP contribution in [0.3, 0.4) is 0 Å². The van der Waals surface area contributed by atoms with Crippen molar-refractivity contribution >= 4 is 17.3 Å². The first-order chi connectivity index (χ1) is 9.73. The zero-order valence-electron chi connectivity index (χ0n) is 12.6. The minimum Gasteiger partial charge on any atom is -0.330 e. The summed E-state index contributed by atoms with van der Waals surface area (Å²) in [5.41, 5.74) is 6.15. The maximum Gasteiger partial charge on any atom is 0.269 e. The minimum absolute atomic E-state index is 0.00480. The Morgan fingerprint density at radius 2 is 1.95 bits per heavy atom. The van der Waals surface area contributed by atoms with Crippen molar-refractivity contribution in [2.75, 3.05) is 32.0 Å². The molecule has 3 N–H and O–H groups in total. The van der Waals surface area contributed by atoms with Gasteiger partial charge in [0.1, 0.15) is 0 Å². The predicted octanol–water partition coefficient (Wildman–Crippen LogP) is 1.45. The Kier molecular flexibility index (Phi) is 5.80. The summed E-state index contributed by atoms with van der Waals surface area (Å²) in [5, 5.41) is 13.3. The van der Waals surface area contributed by atoms with Gasteiger partial charge < -0.3 is 11.1 Å². The van der Waals surface area contributed by atoms with Gasteiger partial charge in [-0.2, -0.15) is 0 Å². The molecule has 21 heavy (non-hydrogen) atoms. The second-order valence-electron chi connectivity index (χ2n) is 5.89. The lowest BCUT2D eigenvalue weighted by molar-refractivity contribution is -0.384. The van der Waals surface area contributed by atoms with E-state index in [0.717, 1.165) is 0 Å². The number of nitro benzene ring substituents is 1. The molecule has 1 amide bonds. The molecule has 0 radical (unpaired) electrons. The van der Waals surface area contributed by atoms with E-state index in [4.69, 9.17) is 5.73 Å². The predicted molar refractivity (Wildman–Crippen MR) is 82.1 cm³/mol. The van der Waals surface area contributed by atoms with E-state index in [0.29, 0.717) is 18.8 Å². The summed E-state index contributed by atoms with van der Waals surface area (Å²) < 4.78 is 0. The summed E-state index contributed by atoms with van der Waals surface area (Å²) in [6.07, 6.45) is 0. The van der Waals surface area contributed by atoms with Gasteiger partial charge in [0.2, 0.25) is 5.91 Å². The van der Waals surface area contributed by atoms with Gasteiger partial charge in [0.05, 0.1) is 11.5 Å². The number of hydrogen-bond donors (Lipinski definition) is 2. The minimum atomic E-state index is -0.478. The van der Waals surface area contributed by atoms with Gasteiger partial charge in [-0.3, -0.25) is 19.8 Å². The molecule has 0 aliphatic carbocycles. The van der Waals surface area contributed by atoms with Crippen LogP contribution in [0.4, 0.5) is 11.4 Å². The zero-order valence-corrected chi connectivity index (χ0v) is 12.6. The molecule has 116 valence electrons. The molecule has 0 atom stereocenters. The fourth-order valence-electron chi connectivity index (χ4n) is 1.96. The number of carbonyl (C=O) groups excluding carboxylic acids is 1. The first kappa shape index (κ1) is 17.1. The lowest BCUT2D eigenvalue weighted by atomic mass is 9.93. The molecule has 7 nitrogen and oxygen atoms in total. The Bertz CT molecular complexity index is 499. The molecule has 0 aliphatic rings. The highest BCUT2D eigenvalue weighted by molar-refractivity contribution is 5.92. The summed E-state index contributed by atoms with van der Waals surface area (Å²) in [4.78, 5) is 23.9. The summed E-state index contributed by atoms with van der Waals surface area (Å²) in [6, 6.07) is 5.74. The topological polar surface area (TPSA) is 102 Å². The molecule has 0 aliphatic heterocycles. The number of hydrogen-bond acceptors (Lipinski definition) is 5. The molecule has 7 heteroatoms. The number of nitro groups is 1. The van der Waals surface area contributed by atoms with Crippen LogP contribution in [0.5, 0.6) is 0 Å². The number of nitrogens with two attached hydrogens (primary N) is 1. The normalized spacial score (nSPS) is 11.5. The number of likely N-dealkylation sites (N-methyl/N-ethyl adjacent to an activating group) is 1. The number of anilines is 1. The average Bonchev–Trinajstić information content (AvgIpc) is 2.38. The van der Waals surface area contributed by atoms with Crippen LogP contribution in [0, 0.1) is 15.5 Å². The van der Waals surface area contributed by atoms with Gasteiger partial charge in [0.25, 0.3) is 5.69 Å². The first-order valence-corrected chi connectivity index (χ1v) is 6.66. The van der Waals surface area contributed by atoms with Crippen LogP contribution in [-0.2, 0) is 4.79 Å². The number of carbonyl (C=O) groups is 1. The molecule has 0 saturated carbocycles. The van der Waals surface area contributed by atoms with E-state index in [1.54, 1.807) is 0 Å². The van der Waals surface area contributed by atoms with Crippen molar-refractivity contribution in [3.05, 3.63) is 34.4 Å². The maximum atomic E-state index is 11.9. The van der Waals surface area contributed by atoms with Gasteiger partial charge in [-0.15, -0.1) is 0 Å². The van der Waals surface area contributed by atoms with E-state index >= 15 is 0 Å². The van der Waals surface area contributed by atoms with Crippen LogP contribution in [0.15, 0.2) is 24.3 Å². The molecule has 0 spiro atoms. The van der Waals surface area contributed by atoms with E-state index in [9.17, 15) is 14.9 Å². The van der Waals surface area contributed by atoms with Crippen molar-refractivity contribution in [2.45, 2.75) is 13.8 Å². The van der Waals surface area contributed by atoms with E-state index in [1.165, 1.54) is 24.3 Å². The summed E-state index contributed by atoms with van der Waals surface area (Å²) in [6.45, 7) is 5.56. The number of nitrogens with one attached hydrogen (secondary N) is 1. The molecular weight excluding hydrogens is 272 g/mol. The van der Waals surface area contributed by atoms with Crippen molar-refractivity contribution in [1.29, 1.82) is 0 Å². The van der Waals surface area contributed by atoms with Gasteiger partial charge in [0, 0.05) is 24.4 Å². The van der Waals surface area contributed by atoms with Gasteiger partial charge in [0.15, 0.2) is 0 Å². The van der Waals surface area contributed by atoms with E-state index in [1.807, 2.05) is 25.8 Å². The monoisotopic (exact) mass is 294 g/mol. The lowest BCUT2D eigenvalue weighted by Gasteiger charge is -2.28. The highest BCUT2D eigenvalue weighted by Gasteiger charge is 2.19. The molecule has 1 aromatic rings. The van der Waals surface area contributed by atoms with E-state index in [-0.39, 0.29) is 23.6 Å². The molecule has 0 bridgehead atoms. The van der Waals surface area contributed by atoms with Crippen LogP contribution in [0.1, 0.15) is 13.8 Å². The molecular formula is C14H22N4O3. The van der Waals surface area contributed by atoms with Gasteiger partial charge in [-0.1, -0.05) is 13.8 Å². The molecule has 1 rings (SSSR count). The lowest BCUT2D eigenvalue weighted by Crippen LogP contribution is -2.40. The smallest absolute Gasteiger partial charge is 0.269 e. The Morgan fingerprint density at radius 1 is 1.38 bits per heavy atom. The molecule has 0 unspecified atom stereocenters.